The maximum Gasteiger partial charge on any atom is 0.400 e. The van der Waals surface area contributed by atoms with Crippen LogP contribution in [0.3, 0.4) is 0 Å². The van der Waals surface area contributed by atoms with Crippen molar-refractivity contribution in [2.24, 2.45) is 0 Å². The first-order chi connectivity index (χ1) is 13.1. The van der Waals surface area contributed by atoms with Gasteiger partial charge in [-0.05, 0) is 12.8 Å². The van der Waals surface area contributed by atoms with E-state index in [2.05, 4.69) is 11.1 Å². The predicted molar refractivity (Wildman–Crippen MR) is 117 cm³/mol. The van der Waals surface area contributed by atoms with Gasteiger partial charge in [-0.15, -0.1) is 0 Å². The highest BCUT2D eigenvalue weighted by Gasteiger charge is 2.18. The van der Waals surface area contributed by atoms with E-state index in [4.69, 9.17) is 9.29 Å². The van der Waals surface area contributed by atoms with Crippen LogP contribution in [-0.4, -0.2) is 32.8 Å². The summed E-state index contributed by atoms with van der Waals surface area (Å²) >= 11 is 0. The van der Waals surface area contributed by atoms with Crippen LogP contribution in [0.15, 0.2) is 0 Å². The molecule has 0 saturated carbocycles. The van der Waals surface area contributed by atoms with Gasteiger partial charge in [-0.1, -0.05) is 104 Å². The fourth-order valence-electron chi connectivity index (χ4n) is 3.22. The van der Waals surface area contributed by atoms with Crippen LogP contribution < -0.4 is 6.15 Å². The van der Waals surface area contributed by atoms with E-state index in [0.29, 0.717) is 6.42 Å². The topological polar surface area (TPSA) is 108 Å². The van der Waals surface area contributed by atoms with E-state index >= 15 is 0 Å². The number of aliphatic hydroxyl groups excluding tert-OH is 1. The van der Waals surface area contributed by atoms with Crippen molar-refractivity contribution >= 4 is 10.4 Å². The Hall–Kier alpha value is -0.210. The number of hydrogen-bond donors (Lipinski definition) is 2. The molecular formula is C21H47NO5S. The van der Waals surface area contributed by atoms with Crippen LogP contribution in [0.5, 0.6) is 0 Å². The molecule has 0 aromatic carbocycles. The van der Waals surface area contributed by atoms with Gasteiger partial charge in [-0.2, -0.15) is 8.42 Å². The third kappa shape index (κ3) is 20.5. The standard InChI is InChI=1S/C21H44O5S.H3N/c1-3-5-6-7-8-9-10-11-12-13-14-15-16-17-18-21(4-2)26-27(23,24)25-20-19-22;/h21-22H,3-20H2,1-2H3;1H3. The summed E-state index contributed by atoms with van der Waals surface area (Å²) in [4.78, 5) is 0. The lowest BCUT2D eigenvalue weighted by molar-refractivity contribution is 0.127. The normalized spacial score (nSPS) is 12.7. The minimum absolute atomic E-state index is 0. The van der Waals surface area contributed by atoms with Crippen LogP contribution in [0.25, 0.3) is 0 Å². The summed E-state index contributed by atoms with van der Waals surface area (Å²) in [5.74, 6) is 0. The quantitative estimate of drug-likeness (QED) is 0.216. The van der Waals surface area contributed by atoms with Gasteiger partial charge in [0.2, 0.25) is 0 Å². The second-order valence-electron chi connectivity index (χ2n) is 7.47. The molecule has 0 aliphatic carbocycles. The van der Waals surface area contributed by atoms with Crippen LogP contribution >= 0.6 is 0 Å². The number of hydrogen-bond acceptors (Lipinski definition) is 6. The van der Waals surface area contributed by atoms with E-state index in [1.165, 1.54) is 77.0 Å². The van der Waals surface area contributed by atoms with Gasteiger partial charge in [0.05, 0.1) is 19.3 Å². The van der Waals surface area contributed by atoms with Crippen molar-refractivity contribution in [3.63, 3.8) is 0 Å². The Morgan fingerprint density at radius 1 is 0.750 bits per heavy atom. The average molecular weight is 426 g/mol. The van der Waals surface area contributed by atoms with Gasteiger partial charge in [0.25, 0.3) is 0 Å². The largest absolute Gasteiger partial charge is 0.400 e. The molecule has 0 spiro atoms. The van der Waals surface area contributed by atoms with Crippen molar-refractivity contribution in [1.82, 2.24) is 6.15 Å². The summed E-state index contributed by atoms with van der Waals surface area (Å²) in [6.45, 7) is 3.59. The Bertz CT molecular complexity index is 404. The van der Waals surface area contributed by atoms with Gasteiger partial charge in [-0.25, -0.2) is 8.37 Å². The van der Waals surface area contributed by atoms with Gasteiger partial charge in [-0.3, -0.25) is 0 Å². The van der Waals surface area contributed by atoms with E-state index in [0.717, 1.165) is 19.3 Å². The SMILES string of the molecule is CCCCCCCCCCCCCCCCC(CC)OS(=O)(=O)OCCO.N. The molecule has 0 saturated heterocycles. The van der Waals surface area contributed by atoms with Crippen LogP contribution in [0.1, 0.15) is 117 Å². The molecule has 0 amide bonds. The van der Waals surface area contributed by atoms with E-state index in [9.17, 15) is 8.42 Å². The molecule has 0 bridgehead atoms. The smallest absolute Gasteiger partial charge is 0.394 e. The van der Waals surface area contributed by atoms with Crippen molar-refractivity contribution in [3.05, 3.63) is 0 Å². The molecule has 6 nitrogen and oxygen atoms in total. The number of unbranched alkanes of at least 4 members (excludes halogenated alkanes) is 13. The monoisotopic (exact) mass is 425 g/mol. The molecular weight excluding hydrogens is 378 g/mol. The summed E-state index contributed by atoms with van der Waals surface area (Å²) in [5, 5.41) is 8.62. The molecule has 1 unspecified atom stereocenters. The molecule has 0 aliphatic heterocycles. The summed E-state index contributed by atoms with van der Waals surface area (Å²) in [5.41, 5.74) is 0. The van der Waals surface area contributed by atoms with Crippen LogP contribution in [0.4, 0.5) is 0 Å². The van der Waals surface area contributed by atoms with Gasteiger partial charge >= 0.3 is 10.4 Å². The van der Waals surface area contributed by atoms with E-state index in [-0.39, 0.29) is 25.5 Å². The maximum absolute atomic E-state index is 11.6. The minimum atomic E-state index is -3.98. The third-order valence-corrected chi connectivity index (χ3v) is 5.87. The zero-order valence-electron chi connectivity index (χ0n) is 18.5. The van der Waals surface area contributed by atoms with Crippen molar-refractivity contribution in [1.29, 1.82) is 0 Å². The Labute approximate surface area is 174 Å². The van der Waals surface area contributed by atoms with Crippen LogP contribution in [0, 0.1) is 0 Å². The summed E-state index contributed by atoms with van der Waals surface area (Å²) < 4.78 is 32.7. The van der Waals surface area contributed by atoms with Gasteiger partial charge in [0.1, 0.15) is 0 Å². The number of aliphatic hydroxyl groups is 1. The molecule has 0 rings (SSSR count). The number of rotatable bonds is 21. The minimum Gasteiger partial charge on any atom is -0.394 e. The van der Waals surface area contributed by atoms with Gasteiger partial charge < -0.3 is 11.3 Å². The molecule has 1 atom stereocenters. The highest BCUT2D eigenvalue weighted by Crippen LogP contribution is 2.16. The lowest BCUT2D eigenvalue weighted by atomic mass is 10.0. The van der Waals surface area contributed by atoms with E-state index in [1.807, 2.05) is 6.92 Å². The Morgan fingerprint density at radius 3 is 1.57 bits per heavy atom. The zero-order valence-corrected chi connectivity index (χ0v) is 19.3. The molecule has 0 heterocycles. The maximum atomic E-state index is 11.6. The molecule has 28 heavy (non-hydrogen) atoms. The lowest BCUT2D eigenvalue weighted by Gasteiger charge is -2.15. The van der Waals surface area contributed by atoms with E-state index in [1.54, 1.807) is 0 Å². The fraction of sp³-hybridized carbons (Fsp3) is 1.00. The predicted octanol–water partition coefficient (Wildman–Crippen LogP) is 6.07. The second-order valence-corrected chi connectivity index (χ2v) is 8.71. The average Bonchev–Trinajstić information content (AvgIpc) is 2.65. The Kier molecular flexibility index (Phi) is 23.0. The van der Waals surface area contributed by atoms with Crippen molar-refractivity contribution in [2.75, 3.05) is 13.2 Å². The van der Waals surface area contributed by atoms with Crippen molar-refractivity contribution in [2.45, 2.75) is 123 Å². The fourth-order valence-corrected chi connectivity index (χ4v) is 4.12. The first-order valence-electron chi connectivity index (χ1n) is 11.2. The van der Waals surface area contributed by atoms with E-state index < -0.39 is 10.4 Å². The summed E-state index contributed by atoms with van der Waals surface area (Å²) in [6.07, 6.45) is 19.4. The molecule has 0 aliphatic rings. The second kappa shape index (κ2) is 21.5. The van der Waals surface area contributed by atoms with Gasteiger partial charge in [0.15, 0.2) is 0 Å². The van der Waals surface area contributed by atoms with Crippen LogP contribution in [-0.2, 0) is 18.8 Å². The molecule has 0 aromatic heterocycles. The summed E-state index contributed by atoms with van der Waals surface area (Å²) in [6, 6.07) is 0. The zero-order chi connectivity index (χ0) is 20.2. The Morgan fingerprint density at radius 2 is 1.18 bits per heavy atom. The molecule has 172 valence electrons. The molecule has 7 heteroatoms. The third-order valence-electron chi connectivity index (χ3n) is 4.91. The highest BCUT2D eigenvalue weighted by molar-refractivity contribution is 7.81. The molecule has 0 radical (unpaired) electrons. The van der Waals surface area contributed by atoms with Crippen molar-refractivity contribution < 1.29 is 21.9 Å². The highest BCUT2D eigenvalue weighted by atomic mass is 32.3. The lowest BCUT2D eigenvalue weighted by Crippen LogP contribution is -2.20. The van der Waals surface area contributed by atoms with Crippen molar-refractivity contribution in [3.8, 4) is 0 Å². The molecule has 0 aromatic rings. The van der Waals surface area contributed by atoms with Crippen LogP contribution in [0.2, 0.25) is 0 Å². The summed E-state index contributed by atoms with van der Waals surface area (Å²) in [7, 11) is -3.98. The first kappa shape index (κ1) is 30.0. The first-order valence-corrected chi connectivity index (χ1v) is 12.6. The Balaban J connectivity index is 0. The van der Waals surface area contributed by atoms with Gasteiger partial charge in [0, 0.05) is 0 Å². The molecule has 4 N–H and O–H groups in total. The molecule has 0 fully saturated rings.